The minimum absolute atomic E-state index is 0.0264. The van der Waals surface area contributed by atoms with Crippen LogP contribution in [0.1, 0.15) is 25.7 Å². The number of hydrogen-bond donors (Lipinski definition) is 2. The van der Waals surface area contributed by atoms with Crippen molar-refractivity contribution in [2.45, 2.75) is 76.2 Å². The van der Waals surface area contributed by atoms with Gasteiger partial charge in [-0.15, -0.1) is 0 Å². The Morgan fingerprint density at radius 1 is 0.750 bits per heavy atom. The van der Waals surface area contributed by atoms with Crippen molar-refractivity contribution in [2.24, 2.45) is 46.3 Å². The van der Waals surface area contributed by atoms with Gasteiger partial charge in [-0.05, 0) is 49.4 Å². The van der Waals surface area contributed by atoms with Crippen LogP contribution < -0.4 is 0 Å². The number of methoxy groups -OCH3 is 2. The van der Waals surface area contributed by atoms with E-state index in [1.807, 2.05) is 0 Å². The molecule has 0 aliphatic heterocycles. The molecular formula is C28H44O6Si2. The van der Waals surface area contributed by atoms with Crippen molar-refractivity contribution in [2.75, 3.05) is 14.2 Å². The summed E-state index contributed by atoms with van der Waals surface area (Å²) in [6.45, 7) is 13.5. The highest BCUT2D eigenvalue weighted by molar-refractivity contribution is 6.81. The number of aliphatic hydroxyl groups is 2. The van der Waals surface area contributed by atoms with Crippen LogP contribution in [0.5, 0.6) is 0 Å². The molecule has 0 heterocycles. The fourth-order valence-corrected chi connectivity index (χ4v) is 12.0. The zero-order chi connectivity index (χ0) is 26.7. The molecule has 8 heteroatoms. The van der Waals surface area contributed by atoms with Crippen molar-refractivity contribution < 1.29 is 29.3 Å². The van der Waals surface area contributed by atoms with Gasteiger partial charge in [-0.2, -0.15) is 0 Å². The Morgan fingerprint density at radius 3 is 1.36 bits per heavy atom. The van der Waals surface area contributed by atoms with E-state index in [0.717, 1.165) is 0 Å². The summed E-state index contributed by atoms with van der Waals surface area (Å²) < 4.78 is 10.9. The second-order valence-corrected chi connectivity index (χ2v) is 24.7. The van der Waals surface area contributed by atoms with Crippen molar-refractivity contribution in [3.63, 3.8) is 0 Å². The summed E-state index contributed by atoms with van der Waals surface area (Å²) in [5, 5.41) is 24.2. The topological polar surface area (TPSA) is 93.1 Å². The molecule has 0 saturated heterocycles. The monoisotopic (exact) mass is 532 g/mol. The van der Waals surface area contributed by atoms with E-state index in [9.17, 15) is 19.8 Å². The average molecular weight is 533 g/mol. The molecule has 0 amide bonds. The maximum absolute atomic E-state index is 13.9. The zero-order valence-electron chi connectivity index (χ0n) is 23.1. The van der Waals surface area contributed by atoms with E-state index in [2.05, 4.69) is 62.8 Å². The number of carbonyl (C=O) groups excluding carboxylic acids is 2. The van der Waals surface area contributed by atoms with Crippen LogP contribution >= 0.6 is 0 Å². The van der Waals surface area contributed by atoms with Gasteiger partial charge in [0, 0.05) is 11.8 Å². The Morgan fingerprint density at radius 2 is 1.08 bits per heavy atom. The van der Waals surface area contributed by atoms with Crippen molar-refractivity contribution >= 4 is 28.1 Å². The zero-order valence-corrected chi connectivity index (χ0v) is 25.1. The molecule has 36 heavy (non-hydrogen) atoms. The highest BCUT2D eigenvalue weighted by atomic mass is 28.3. The van der Waals surface area contributed by atoms with Crippen LogP contribution in [-0.2, 0) is 19.1 Å². The summed E-state index contributed by atoms with van der Waals surface area (Å²) in [6, 6.07) is 0. The lowest BCUT2D eigenvalue weighted by Gasteiger charge is -2.58. The molecule has 6 nitrogen and oxygen atoms in total. The molecule has 0 unspecified atom stereocenters. The summed E-state index contributed by atoms with van der Waals surface area (Å²) in [5.41, 5.74) is 0.125. The minimum Gasteiger partial charge on any atom is -0.469 e. The molecule has 6 fully saturated rings. The van der Waals surface area contributed by atoms with Gasteiger partial charge in [-0.1, -0.05) is 62.8 Å². The Kier molecular flexibility index (Phi) is 5.62. The van der Waals surface area contributed by atoms with Crippen molar-refractivity contribution in [1.29, 1.82) is 0 Å². The number of ether oxygens (including phenoxy) is 2. The Labute approximate surface area is 217 Å². The van der Waals surface area contributed by atoms with E-state index in [0.29, 0.717) is 25.7 Å². The van der Waals surface area contributed by atoms with E-state index < -0.39 is 50.1 Å². The lowest BCUT2D eigenvalue weighted by Crippen LogP contribution is -2.69. The third kappa shape index (κ3) is 2.96. The summed E-state index contributed by atoms with van der Waals surface area (Å²) in [4.78, 5) is 27.7. The van der Waals surface area contributed by atoms with Gasteiger partial charge < -0.3 is 19.7 Å². The normalized spacial score (nSPS) is 48.2. The van der Waals surface area contributed by atoms with Gasteiger partial charge >= 0.3 is 11.9 Å². The molecule has 0 aromatic carbocycles. The third-order valence-electron chi connectivity index (χ3n) is 10.5. The lowest BCUT2D eigenvalue weighted by atomic mass is 9.44. The van der Waals surface area contributed by atoms with E-state index >= 15 is 0 Å². The number of esters is 2. The smallest absolute Gasteiger partial charge is 0.313 e. The molecule has 0 aromatic heterocycles. The van der Waals surface area contributed by atoms with Crippen molar-refractivity contribution in [1.82, 2.24) is 0 Å². The molecule has 2 N–H and O–H groups in total. The second-order valence-electron chi connectivity index (χ2n) is 14.6. The Bertz CT molecular complexity index is 960. The van der Waals surface area contributed by atoms with Gasteiger partial charge in [-0.25, -0.2) is 0 Å². The predicted octanol–water partition coefficient (Wildman–Crippen LogP) is 3.96. The van der Waals surface area contributed by atoms with Crippen molar-refractivity contribution in [3.8, 4) is 0 Å². The molecule has 0 radical (unpaired) electrons. The molecule has 6 aliphatic rings. The van der Waals surface area contributed by atoms with Gasteiger partial charge in [-0.3, -0.25) is 9.59 Å². The van der Waals surface area contributed by atoms with E-state index in [1.165, 1.54) is 14.2 Å². The Hall–Kier alpha value is -1.23. The molecule has 200 valence electrons. The highest BCUT2D eigenvalue weighted by Crippen LogP contribution is 2.95. The first-order chi connectivity index (χ1) is 16.5. The summed E-state index contributed by atoms with van der Waals surface area (Å²) >= 11 is 0. The van der Waals surface area contributed by atoms with Crippen LogP contribution in [0, 0.1) is 46.3 Å². The fourth-order valence-electron chi connectivity index (χ4n) is 10.3. The Balaban J connectivity index is 1.60. The van der Waals surface area contributed by atoms with Gasteiger partial charge in [0.2, 0.25) is 0 Å². The summed E-state index contributed by atoms with van der Waals surface area (Å²) in [6.07, 6.45) is 6.10. The predicted molar refractivity (Wildman–Crippen MR) is 143 cm³/mol. The van der Waals surface area contributed by atoms with Crippen LogP contribution in [0.4, 0.5) is 0 Å². The lowest BCUT2D eigenvalue weighted by molar-refractivity contribution is -0.230. The third-order valence-corrected chi connectivity index (χ3v) is 13.0. The molecule has 6 aliphatic carbocycles. The first-order valence-corrected chi connectivity index (χ1v) is 20.7. The summed E-state index contributed by atoms with van der Waals surface area (Å²) in [7, 11) is -0.113. The largest absolute Gasteiger partial charge is 0.469 e. The molecule has 6 rings (SSSR count). The quantitative estimate of drug-likeness (QED) is 0.363. The van der Waals surface area contributed by atoms with Crippen LogP contribution in [0.3, 0.4) is 0 Å². The van der Waals surface area contributed by atoms with Crippen LogP contribution in [-0.4, -0.2) is 63.7 Å². The average Bonchev–Trinajstić information content (AvgIpc) is 3.50. The first kappa shape index (κ1) is 26.4. The fraction of sp³-hybridized carbons (Fsp3) is 0.786. The minimum atomic E-state index is -1.45. The second kappa shape index (κ2) is 7.67. The van der Waals surface area contributed by atoms with Crippen LogP contribution in [0.2, 0.25) is 39.3 Å². The van der Waals surface area contributed by atoms with E-state index in [4.69, 9.17) is 9.47 Å². The molecular weight excluding hydrogens is 488 g/mol. The molecule has 0 aromatic rings. The summed E-state index contributed by atoms with van der Waals surface area (Å²) in [5.74, 6) is -1.80. The molecule has 6 saturated carbocycles. The van der Waals surface area contributed by atoms with Gasteiger partial charge in [0.15, 0.2) is 0 Å². The number of hydrogen-bond acceptors (Lipinski definition) is 6. The van der Waals surface area contributed by atoms with Gasteiger partial charge in [0.1, 0.15) is 0 Å². The maximum atomic E-state index is 13.9. The first-order valence-electron chi connectivity index (χ1n) is 13.5. The van der Waals surface area contributed by atoms with E-state index in [1.54, 1.807) is 0 Å². The standard InChI is InChI=1S/C28H44O6Si2/c1-33-23(29)27-17-15-26(32,12-10-14-36(6,7)8)22-19(17)20-18(28(22,27)24(30)34-2)16-25(31,21(20)27)11-9-13-35(3,4)5/h9-10,13-14,17-22,31-32H,11-12,15-16H2,1-8H3/b13-9+,14-10+/t17-,18+,19-,20-,21-,22+,25+,26+,27-,28-/m1/s1. The molecule has 0 spiro atoms. The van der Waals surface area contributed by atoms with E-state index in [-0.39, 0.29) is 35.5 Å². The van der Waals surface area contributed by atoms with Gasteiger partial charge in [0.05, 0.1) is 52.4 Å². The highest BCUT2D eigenvalue weighted by Gasteiger charge is 3.01. The van der Waals surface area contributed by atoms with Gasteiger partial charge in [0.25, 0.3) is 0 Å². The van der Waals surface area contributed by atoms with Crippen LogP contribution in [0.15, 0.2) is 23.6 Å². The molecule has 10 atom stereocenters. The number of rotatable bonds is 8. The van der Waals surface area contributed by atoms with Crippen molar-refractivity contribution in [3.05, 3.63) is 23.6 Å². The number of carbonyl (C=O) groups is 2. The SMILES string of the molecule is COC(=O)[C@@]12[C@@H]3C[C@@](O)(C/C=C/[Si](C)(C)C)[C@@H]4[C@H]3[C@@H]3[C@@H]1[C@](O)(C/C=C/[Si](C)(C)C)C[C@@H]3[C@]42C(=O)OC. The van der Waals surface area contributed by atoms with Crippen LogP contribution in [0.25, 0.3) is 0 Å². The molecule has 8 bridgehead atoms. The maximum Gasteiger partial charge on any atom is 0.313 e.